The Morgan fingerprint density at radius 2 is 2.00 bits per heavy atom. The molecule has 1 aliphatic rings. The highest BCUT2D eigenvalue weighted by Crippen LogP contribution is 2.31. The van der Waals surface area contributed by atoms with Crippen molar-refractivity contribution in [3.8, 4) is 6.07 Å². The second-order valence-electron chi connectivity index (χ2n) is 5.41. The zero-order chi connectivity index (χ0) is 16.2. The molecule has 0 atom stereocenters. The summed E-state index contributed by atoms with van der Waals surface area (Å²) in [5.41, 5.74) is 0.819. The number of furan rings is 1. The average Bonchev–Trinajstić information content (AvgIpc) is 3.07. The van der Waals surface area contributed by atoms with Gasteiger partial charge < -0.3 is 14.6 Å². The Hall–Kier alpha value is -2.81. The van der Waals surface area contributed by atoms with E-state index in [-0.39, 0.29) is 17.2 Å². The van der Waals surface area contributed by atoms with Gasteiger partial charge in [-0.1, -0.05) is 6.07 Å². The minimum absolute atomic E-state index is 0.0191. The number of para-hydroxylation sites is 1. The van der Waals surface area contributed by atoms with Crippen molar-refractivity contribution in [2.75, 3.05) is 23.3 Å². The first-order valence-corrected chi connectivity index (χ1v) is 7.54. The number of anilines is 2. The van der Waals surface area contributed by atoms with Crippen molar-refractivity contribution in [1.82, 2.24) is 0 Å². The number of amides is 1. The van der Waals surface area contributed by atoms with Crippen LogP contribution in [0.25, 0.3) is 0 Å². The van der Waals surface area contributed by atoms with E-state index < -0.39 is 11.7 Å². The van der Waals surface area contributed by atoms with E-state index in [2.05, 4.69) is 10.2 Å². The summed E-state index contributed by atoms with van der Waals surface area (Å²) >= 11 is 0. The molecule has 0 saturated carbocycles. The van der Waals surface area contributed by atoms with Crippen LogP contribution in [0.4, 0.5) is 15.8 Å². The van der Waals surface area contributed by atoms with Crippen molar-refractivity contribution in [2.45, 2.75) is 19.3 Å². The van der Waals surface area contributed by atoms with Crippen LogP contribution >= 0.6 is 0 Å². The second-order valence-corrected chi connectivity index (χ2v) is 5.41. The van der Waals surface area contributed by atoms with E-state index >= 15 is 0 Å². The highest BCUT2D eigenvalue weighted by Gasteiger charge is 2.20. The molecule has 1 aliphatic heterocycles. The summed E-state index contributed by atoms with van der Waals surface area (Å²) in [6, 6.07) is 9.36. The SMILES string of the molecule is N#Cc1ccc(C(=O)Nc2c(F)cccc2N2CCCCC2)o1. The lowest BCUT2D eigenvalue weighted by Gasteiger charge is -2.30. The first kappa shape index (κ1) is 15.1. The largest absolute Gasteiger partial charge is 0.440 e. The van der Waals surface area contributed by atoms with Crippen molar-refractivity contribution in [3.63, 3.8) is 0 Å². The maximum Gasteiger partial charge on any atom is 0.291 e. The van der Waals surface area contributed by atoms with Gasteiger partial charge in [0.25, 0.3) is 5.91 Å². The van der Waals surface area contributed by atoms with E-state index in [4.69, 9.17) is 9.68 Å². The standard InChI is InChI=1S/C17H16FN3O2/c18-13-5-4-6-14(21-9-2-1-3-10-21)16(13)20-17(22)15-8-7-12(11-19)23-15/h4-8H,1-3,9-10H2,(H,20,22). The van der Waals surface area contributed by atoms with Crippen LogP contribution in [-0.2, 0) is 0 Å². The maximum atomic E-state index is 14.2. The van der Waals surface area contributed by atoms with Gasteiger partial charge in [-0.15, -0.1) is 0 Å². The molecule has 118 valence electrons. The summed E-state index contributed by atoms with van der Waals surface area (Å²) in [5.74, 6) is -1.04. The van der Waals surface area contributed by atoms with Crippen LogP contribution in [-0.4, -0.2) is 19.0 Å². The van der Waals surface area contributed by atoms with Crippen molar-refractivity contribution < 1.29 is 13.6 Å². The summed E-state index contributed by atoms with van der Waals surface area (Å²) in [7, 11) is 0. The predicted octanol–water partition coefficient (Wildman–Crippen LogP) is 3.53. The topological polar surface area (TPSA) is 69.3 Å². The number of nitriles is 1. The highest BCUT2D eigenvalue weighted by molar-refractivity contribution is 6.04. The monoisotopic (exact) mass is 313 g/mol. The van der Waals surface area contributed by atoms with Crippen LogP contribution in [0.3, 0.4) is 0 Å². The summed E-state index contributed by atoms with van der Waals surface area (Å²) in [6.07, 6.45) is 3.26. The number of piperidine rings is 1. The lowest BCUT2D eigenvalue weighted by Crippen LogP contribution is -2.30. The van der Waals surface area contributed by atoms with Gasteiger partial charge in [0.1, 0.15) is 17.6 Å². The molecule has 1 aromatic carbocycles. The quantitative estimate of drug-likeness (QED) is 0.941. The Bertz CT molecular complexity index is 757. The van der Waals surface area contributed by atoms with E-state index in [1.807, 2.05) is 6.07 Å². The minimum atomic E-state index is -0.574. The summed E-state index contributed by atoms with van der Waals surface area (Å²) in [6.45, 7) is 1.68. The number of rotatable bonds is 3. The summed E-state index contributed by atoms with van der Waals surface area (Å²) < 4.78 is 19.3. The number of halogens is 1. The molecule has 0 unspecified atom stereocenters. The highest BCUT2D eigenvalue weighted by atomic mass is 19.1. The van der Waals surface area contributed by atoms with Crippen LogP contribution in [0, 0.1) is 17.1 Å². The van der Waals surface area contributed by atoms with Gasteiger partial charge in [-0.2, -0.15) is 5.26 Å². The van der Waals surface area contributed by atoms with Gasteiger partial charge in [-0.05, 0) is 43.5 Å². The number of hydrogen-bond acceptors (Lipinski definition) is 4. The Morgan fingerprint density at radius 3 is 2.70 bits per heavy atom. The Balaban J connectivity index is 1.86. The lowest BCUT2D eigenvalue weighted by molar-refractivity contribution is 0.0995. The van der Waals surface area contributed by atoms with Crippen molar-refractivity contribution in [1.29, 1.82) is 5.26 Å². The molecule has 1 amide bonds. The molecule has 2 aromatic rings. The third kappa shape index (κ3) is 3.19. The molecule has 2 heterocycles. The molecule has 0 spiro atoms. The van der Waals surface area contributed by atoms with E-state index in [9.17, 15) is 9.18 Å². The number of carbonyl (C=O) groups is 1. The molecule has 5 nitrogen and oxygen atoms in total. The number of carbonyl (C=O) groups excluding carboxylic acids is 1. The van der Waals surface area contributed by atoms with Gasteiger partial charge in [-0.3, -0.25) is 4.79 Å². The van der Waals surface area contributed by atoms with Crippen molar-refractivity contribution in [2.24, 2.45) is 0 Å². The normalized spacial score (nSPS) is 14.3. The summed E-state index contributed by atoms with van der Waals surface area (Å²) in [5, 5.41) is 11.3. The average molecular weight is 313 g/mol. The second kappa shape index (κ2) is 6.53. The third-order valence-corrected chi connectivity index (χ3v) is 3.87. The van der Waals surface area contributed by atoms with E-state index in [0.717, 1.165) is 32.4 Å². The van der Waals surface area contributed by atoms with E-state index in [1.165, 1.54) is 18.2 Å². The van der Waals surface area contributed by atoms with Gasteiger partial charge in [0.05, 0.1) is 5.69 Å². The fraction of sp³-hybridized carbons (Fsp3) is 0.294. The van der Waals surface area contributed by atoms with Gasteiger partial charge >= 0.3 is 0 Å². The number of nitrogens with one attached hydrogen (secondary N) is 1. The van der Waals surface area contributed by atoms with Gasteiger partial charge in [0, 0.05) is 13.1 Å². The van der Waals surface area contributed by atoms with E-state index in [1.54, 1.807) is 12.1 Å². The third-order valence-electron chi connectivity index (χ3n) is 3.87. The van der Waals surface area contributed by atoms with Gasteiger partial charge in [0.2, 0.25) is 5.76 Å². The van der Waals surface area contributed by atoms with Gasteiger partial charge in [-0.25, -0.2) is 4.39 Å². The zero-order valence-corrected chi connectivity index (χ0v) is 12.5. The molecule has 1 aromatic heterocycles. The molecule has 1 N–H and O–H groups in total. The maximum absolute atomic E-state index is 14.2. The molecule has 1 fully saturated rings. The van der Waals surface area contributed by atoms with Gasteiger partial charge in [0.15, 0.2) is 5.76 Å². The molecule has 23 heavy (non-hydrogen) atoms. The Morgan fingerprint density at radius 1 is 1.22 bits per heavy atom. The predicted molar refractivity (Wildman–Crippen MR) is 83.8 cm³/mol. The molecular formula is C17H16FN3O2. The molecule has 0 bridgehead atoms. The Kier molecular flexibility index (Phi) is 4.29. The lowest BCUT2D eigenvalue weighted by atomic mass is 10.1. The first-order valence-electron chi connectivity index (χ1n) is 7.54. The van der Waals surface area contributed by atoms with Crippen LogP contribution < -0.4 is 10.2 Å². The van der Waals surface area contributed by atoms with Crippen LogP contribution in [0.15, 0.2) is 34.7 Å². The Labute approximate surface area is 133 Å². The number of benzene rings is 1. The van der Waals surface area contributed by atoms with Crippen LogP contribution in [0.1, 0.15) is 35.6 Å². The molecule has 0 aliphatic carbocycles. The fourth-order valence-electron chi connectivity index (χ4n) is 2.73. The molecular weight excluding hydrogens is 297 g/mol. The number of nitrogens with zero attached hydrogens (tertiary/aromatic N) is 2. The molecule has 1 saturated heterocycles. The fourth-order valence-corrected chi connectivity index (χ4v) is 2.73. The molecule has 0 radical (unpaired) electrons. The molecule has 3 rings (SSSR count). The van der Waals surface area contributed by atoms with Crippen molar-refractivity contribution in [3.05, 3.63) is 47.7 Å². The number of hydrogen-bond donors (Lipinski definition) is 1. The smallest absolute Gasteiger partial charge is 0.291 e. The van der Waals surface area contributed by atoms with Crippen LogP contribution in [0.2, 0.25) is 0 Å². The molecule has 6 heteroatoms. The first-order chi connectivity index (χ1) is 11.2. The summed E-state index contributed by atoms with van der Waals surface area (Å²) in [4.78, 5) is 14.3. The zero-order valence-electron chi connectivity index (χ0n) is 12.5. The van der Waals surface area contributed by atoms with Crippen molar-refractivity contribution >= 4 is 17.3 Å². The van der Waals surface area contributed by atoms with Crippen LogP contribution in [0.5, 0.6) is 0 Å². The minimum Gasteiger partial charge on any atom is -0.440 e. The van der Waals surface area contributed by atoms with E-state index in [0.29, 0.717) is 5.69 Å².